The molecule has 0 bridgehead atoms. The second kappa shape index (κ2) is 4.98. The van der Waals surface area contributed by atoms with Crippen molar-refractivity contribution in [2.75, 3.05) is 20.1 Å². The molecule has 2 aliphatic rings. The van der Waals surface area contributed by atoms with E-state index in [0.29, 0.717) is 10.7 Å². The molecule has 3 heteroatoms. The zero-order chi connectivity index (χ0) is 13.6. The van der Waals surface area contributed by atoms with Crippen molar-refractivity contribution in [1.29, 1.82) is 0 Å². The van der Waals surface area contributed by atoms with Crippen molar-refractivity contribution < 1.29 is 0 Å². The first kappa shape index (κ1) is 13.8. The molecular weight excluding hydrogens is 274 g/mol. The Hall–Kier alpha value is -0.180. The molecule has 1 aromatic rings. The van der Waals surface area contributed by atoms with E-state index in [9.17, 15) is 0 Å². The van der Waals surface area contributed by atoms with E-state index in [1.807, 2.05) is 11.8 Å². The van der Waals surface area contributed by atoms with Gasteiger partial charge in [0.1, 0.15) is 0 Å². The predicted molar refractivity (Wildman–Crippen MR) is 84.6 cm³/mol. The summed E-state index contributed by atoms with van der Waals surface area (Å²) in [5.41, 5.74) is 2.83. The van der Waals surface area contributed by atoms with Crippen LogP contribution >= 0.6 is 23.4 Å². The molecule has 0 atom stereocenters. The summed E-state index contributed by atoms with van der Waals surface area (Å²) in [7, 11) is 2.21. The summed E-state index contributed by atoms with van der Waals surface area (Å²) in [5, 5.41) is 0.990. The van der Waals surface area contributed by atoms with Gasteiger partial charge in [0.25, 0.3) is 0 Å². The Morgan fingerprint density at radius 1 is 1.26 bits per heavy atom. The van der Waals surface area contributed by atoms with E-state index in [0.717, 1.165) is 11.4 Å². The van der Waals surface area contributed by atoms with Gasteiger partial charge in [-0.05, 0) is 68.6 Å². The highest BCUT2D eigenvalue weighted by molar-refractivity contribution is 8.01. The first-order valence-corrected chi connectivity index (χ1v) is 8.34. The zero-order valence-corrected chi connectivity index (χ0v) is 13.6. The maximum Gasteiger partial charge on any atom is 0.0452 e. The average molecular weight is 296 g/mol. The van der Waals surface area contributed by atoms with Crippen LogP contribution in [-0.2, 0) is 6.42 Å². The minimum absolute atomic E-state index is 0.303. The first-order valence-electron chi connectivity index (χ1n) is 7.14. The Morgan fingerprint density at radius 3 is 2.63 bits per heavy atom. The fourth-order valence-electron chi connectivity index (χ4n) is 3.23. The zero-order valence-electron chi connectivity index (χ0n) is 12.0. The Labute approximate surface area is 125 Å². The first-order chi connectivity index (χ1) is 8.94. The third kappa shape index (κ3) is 2.81. The molecule has 0 aromatic heterocycles. The number of rotatable bonds is 1. The van der Waals surface area contributed by atoms with Crippen molar-refractivity contribution in [3.8, 4) is 0 Å². The third-order valence-electron chi connectivity index (χ3n) is 4.36. The van der Waals surface area contributed by atoms with Crippen molar-refractivity contribution in [1.82, 2.24) is 4.90 Å². The summed E-state index contributed by atoms with van der Waals surface area (Å²) in [6.07, 6.45) is 3.62. The largest absolute Gasteiger partial charge is 0.306 e. The molecule has 0 amide bonds. The van der Waals surface area contributed by atoms with E-state index in [1.54, 1.807) is 0 Å². The number of halogens is 1. The highest BCUT2D eigenvalue weighted by Gasteiger charge is 2.32. The van der Waals surface area contributed by atoms with Crippen LogP contribution in [0.4, 0.5) is 0 Å². The van der Waals surface area contributed by atoms with Gasteiger partial charge in [-0.3, -0.25) is 0 Å². The number of hydrogen-bond donors (Lipinski definition) is 0. The highest BCUT2D eigenvalue weighted by Crippen LogP contribution is 2.48. The van der Waals surface area contributed by atoms with Crippen molar-refractivity contribution in [3.63, 3.8) is 0 Å². The summed E-state index contributed by atoms with van der Waals surface area (Å²) in [6.45, 7) is 7.03. The van der Waals surface area contributed by atoms with E-state index < -0.39 is 0 Å². The predicted octanol–water partition coefficient (Wildman–Crippen LogP) is 4.58. The van der Waals surface area contributed by atoms with Crippen LogP contribution in [0.2, 0.25) is 5.02 Å². The van der Waals surface area contributed by atoms with Crippen LogP contribution in [0.25, 0.3) is 0 Å². The van der Waals surface area contributed by atoms with Crippen LogP contribution in [-0.4, -0.2) is 29.8 Å². The second-order valence-electron chi connectivity index (χ2n) is 6.60. The van der Waals surface area contributed by atoms with Gasteiger partial charge in [0.05, 0.1) is 0 Å². The monoisotopic (exact) mass is 295 g/mol. The molecule has 2 aliphatic heterocycles. The maximum absolute atomic E-state index is 6.53. The summed E-state index contributed by atoms with van der Waals surface area (Å²) in [6, 6.07) is 4.65. The van der Waals surface area contributed by atoms with Crippen LogP contribution < -0.4 is 0 Å². The molecule has 0 spiro atoms. The molecule has 3 rings (SSSR count). The Kier molecular flexibility index (Phi) is 3.61. The van der Waals surface area contributed by atoms with Crippen molar-refractivity contribution in [2.24, 2.45) is 0 Å². The molecule has 1 saturated heterocycles. The SMILES string of the molecule is CN1CCC(c2cc(Cl)c3c(c2)SC(C)(C)C3)CC1. The minimum Gasteiger partial charge on any atom is -0.306 e. The van der Waals surface area contributed by atoms with Gasteiger partial charge >= 0.3 is 0 Å². The molecule has 19 heavy (non-hydrogen) atoms. The van der Waals surface area contributed by atoms with Gasteiger partial charge in [-0.2, -0.15) is 0 Å². The van der Waals surface area contributed by atoms with Crippen LogP contribution in [0.3, 0.4) is 0 Å². The number of hydrogen-bond acceptors (Lipinski definition) is 2. The van der Waals surface area contributed by atoms with E-state index in [-0.39, 0.29) is 0 Å². The maximum atomic E-state index is 6.53. The van der Waals surface area contributed by atoms with Gasteiger partial charge in [0.15, 0.2) is 0 Å². The molecule has 0 saturated carbocycles. The Morgan fingerprint density at radius 2 is 1.95 bits per heavy atom. The lowest BCUT2D eigenvalue weighted by Crippen LogP contribution is -2.29. The quantitative estimate of drug-likeness (QED) is 0.746. The van der Waals surface area contributed by atoms with Crippen molar-refractivity contribution in [3.05, 3.63) is 28.3 Å². The molecule has 2 heterocycles. The molecule has 0 aliphatic carbocycles. The molecule has 1 aromatic carbocycles. The lowest BCUT2D eigenvalue weighted by atomic mass is 9.88. The van der Waals surface area contributed by atoms with Gasteiger partial charge in [-0.25, -0.2) is 0 Å². The number of piperidine rings is 1. The molecule has 1 nitrogen and oxygen atoms in total. The van der Waals surface area contributed by atoms with E-state index in [2.05, 4.69) is 37.9 Å². The van der Waals surface area contributed by atoms with E-state index in [4.69, 9.17) is 11.6 Å². The van der Waals surface area contributed by atoms with Gasteiger partial charge in [0, 0.05) is 14.7 Å². The van der Waals surface area contributed by atoms with Crippen molar-refractivity contribution in [2.45, 2.75) is 48.7 Å². The number of thioether (sulfide) groups is 1. The van der Waals surface area contributed by atoms with Crippen LogP contribution in [0.5, 0.6) is 0 Å². The summed E-state index contributed by atoms with van der Waals surface area (Å²) < 4.78 is 0.303. The van der Waals surface area contributed by atoms with Gasteiger partial charge in [-0.15, -0.1) is 11.8 Å². The molecule has 104 valence electrons. The standard InChI is InChI=1S/C16H22ClNS/c1-16(2)10-13-14(17)8-12(9-15(13)19-16)11-4-6-18(3)7-5-11/h8-9,11H,4-7,10H2,1-3H3. The lowest BCUT2D eigenvalue weighted by molar-refractivity contribution is 0.255. The van der Waals surface area contributed by atoms with E-state index in [1.165, 1.54) is 42.0 Å². The van der Waals surface area contributed by atoms with Crippen molar-refractivity contribution >= 4 is 23.4 Å². The smallest absolute Gasteiger partial charge is 0.0452 e. The third-order valence-corrected chi connectivity index (χ3v) is 5.97. The fourth-order valence-corrected chi connectivity index (χ4v) is 4.89. The fraction of sp³-hybridized carbons (Fsp3) is 0.625. The minimum atomic E-state index is 0.303. The van der Waals surface area contributed by atoms with Crippen LogP contribution in [0.15, 0.2) is 17.0 Å². The number of benzene rings is 1. The molecule has 0 N–H and O–H groups in total. The van der Waals surface area contributed by atoms with E-state index >= 15 is 0 Å². The second-order valence-corrected chi connectivity index (χ2v) is 8.75. The number of nitrogens with zero attached hydrogens (tertiary/aromatic N) is 1. The Balaban J connectivity index is 1.87. The number of likely N-dealkylation sites (tertiary alicyclic amines) is 1. The summed E-state index contributed by atoms with van der Waals surface area (Å²) in [4.78, 5) is 3.84. The molecular formula is C16H22ClNS. The molecule has 0 radical (unpaired) electrons. The average Bonchev–Trinajstić information content (AvgIpc) is 2.65. The molecule has 1 fully saturated rings. The van der Waals surface area contributed by atoms with Gasteiger partial charge in [0.2, 0.25) is 0 Å². The topological polar surface area (TPSA) is 3.24 Å². The van der Waals surface area contributed by atoms with Gasteiger partial charge < -0.3 is 4.90 Å². The lowest BCUT2D eigenvalue weighted by Gasteiger charge is -2.29. The van der Waals surface area contributed by atoms with Crippen LogP contribution in [0, 0.1) is 0 Å². The van der Waals surface area contributed by atoms with Crippen LogP contribution in [0.1, 0.15) is 43.7 Å². The number of fused-ring (bicyclic) bond motifs is 1. The summed E-state index contributed by atoms with van der Waals surface area (Å²) >= 11 is 8.52. The Bertz CT molecular complexity index is 490. The van der Waals surface area contributed by atoms with Gasteiger partial charge in [-0.1, -0.05) is 25.4 Å². The highest BCUT2D eigenvalue weighted by atomic mass is 35.5. The molecule has 0 unspecified atom stereocenters. The normalized spacial score (nSPS) is 23.6. The summed E-state index contributed by atoms with van der Waals surface area (Å²) in [5.74, 6) is 0.698.